The number of hydrogen-bond acceptors (Lipinski definition) is 3. The van der Waals surface area contributed by atoms with Crippen LogP contribution in [-0.2, 0) is 6.54 Å². The normalized spacial score (nSPS) is 21.5. The van der Waals surface area contributed by atoms with Gasteiger partial charge in [0.25, 0.3) is 0 Å². The van der Waals surface area contributed by atoms with Crippen molar-refractivity contribution in [2.24, 2.45) is 4.99 Å². The van der Waals surface area contributed by atoms with Crippen LogP contribution in [0.4, 0.5) is 0 Å². The Morgan fingerprint density at radius 3 is 2.50 bits per heavy atom. The third kappa shape index (κ3) is 6.64. The molecule has 28 heavy (non-hydrogen) atoms. The van der Waals surface area contributed by atoms with Crippen molar-refractivity contribution < 1.29 is 5.11 Å². The molecular weight excluding hydrogens is 372 g/mol. The summed E-state index contributed by atoms with van der Waals surface area (Å²) >= 11 is 5.98. The van der Waals surface area contributed by atoms with Gasteiger partial charge in [0.15, 0.2) is 5.96 Å². The van der Waals surface area contributed by atoms with Crippen LogP contribution in [0.15, 0.2) is 29.3 Å². The summed E-state index contributed by atoms with van der Waals surface area (Å²) < 4.78 is 0. The van der Waals surface area contributed by atoms with Crippen LogP contribution in [0.3, 0.4) is 0 Å². The van der Waals surface area contributed by atoms with E-state index >= 15 is 0 Å². The minimum atomic E-state index is -0.609. The Hall–Kier alpha value is -1.30. The van der Waals surface area contributed by atoms with Gasteiger partial charge in [-0.25, -0.2) is 0 Å². The highest BCUT2D eigenvalue weighted by atomic mass is 35.5. The molecule has 0 bridgehead atoms. The van der Waals surface area contributed by atoms with E-state index < -0.39 is 5.60 Å². The fourth-order valence-corrected chi connectivity index (χ4v) is 4.32. The molecule has 3 N–H and O–H groups in total. The third-order valence-corrected chi connectivity index (χ3v) is 6.16. The summed E-state index contributed by atoms with van der Waals surface area (Å²) in [5.41, 5.74) is 0.703. The van der Waals surface area contributed by atoms with Crippen LogP contribution in [0.1, 0.15) is 57.4 Å². The van der Waals surface area contributed by atoms with Gasteiger partial charge in [-0.2, -0.15) is 0 Å². The Labute approximate surface area is 174 Å². The van der Waals surface area contributed by atoms with E-state index in [0.717, 1.165) is 75.7 Å². The predicted molar refractivity (Wildman–Crippen MR) is 117 cm³/mol. The van der Waals surface area contributed by atoms with Crippen LogP contribution in [0, 0.1) is 0 Å². The van der Waals surface area contributed by atoms with Crippen molar-refractivity contribution in [1.29, 1.82) is 0 Å². The van der Waals surface area contributed by atoms with Gasteiger partial charge in [-0.3, -0.25) is 9.89 Å². The second-order valence-corrected chi connectivity index (χ2v) is 8.74. The molecule has 6 heteroatoms. The zero-order valence-electron chi connectivity index (χ0n) is 17.1. The van der Waals surface area contributed by atoms with Gasteiger partial charge in [-0.15, -0.1) is 0 Å². The zero-order valence-corrected chi connectivity index (χ0v) is 17.8. The largest absolute Gasteiger partial charge is 0.388 e. The standard InChI is InChI=1S/C22H35ClN4O/c1-2-24-21(25-17-22(28)12-4-3-5-13-22)26-20-10-14-27(15-11-20)16-18-6-8-19(23)9-7-18/h6-9,20,28H,2-5,10-17H2,1H3,(H2,24,25,26). The monoisotopic (exact) mass is 406 g/mol. The van der Waals surface area contributed by atoms with Crippen molar-refractivity contribution in [1.82, 2.24) is 15.5 Å². The molecule has 1 aromatic carbocycles. The number of benzene rings is 1. The first kappa shape index (κ1) is 21.4. The number of likely N-dealkylation sites (tertiary alicyclic amines) is 1. The van der Waals surface area contributed by atoms with E-state index in [1.54, 1.807) is 0 Å². The fraction of sp³-hybridized carbons (Fsp3) is 0.682. The lowest BCUT2D eigenvalue weighted by molar-refractivity contribution is 0.0131. The molecule has 0 unspecified atom stereocenters. The minimum Gasteiger partial charge on any atom is -0.388 e. The first-order valence-electron chi connectivity index (χ1n) is 10.8. The van der Waals surface area contributed by atoms with Gasteiger partial charge < -0.3 is 15.7 Å². The molecule has 1 aromatic rings. The summed E-state index contributed by atoms with van der Waals surface area (Å²) in [4.78, 5) is 7.21. The second kappa shape index (κ2) is 10.5. The molecule has 1 aliphatic heterocycles. The summed E-state index contributed by atoms with van der Waals surface area (Å²) in [6, 6.07) is 8.58. The van der Waals surface area contributed by atoms with Crippen molar-refractivity contribution in [2.45, 2.75) is 70.1 Å². The van der Waals surface area contributed by atoms with Crippen molar-refractivity contribution in [3.05, 3.63) is 34.9 Å². The van der Waals surface area contributed by atoms with Gasteiger partial charge in [0, 0.05) is 37.2 Å². The van der Waals surface area contributed by atoms with Gasteiger partial charge in [0.1, 0.15) is 0 Å². The SMILES string of the molecule is CCNC(=NCC1(O)CCCCC1)NC1CCN(Cc2ccc(Cl)cc2)CC1. The summed E-state index contributed by atoms with van der Waals surface area (Å²) in [7, 11) is 0. The Bertz CT molecular complexity index is 620. The lowest BCUT2D eigenvalue weighted by atomic mass is 9.85. The third-order valence-electron chi connectivity index (χ3n) is 5.91. The molecule has 0 radical (unpaired) electrons. The maximum Gasteiger partial charge on any atom is 0.191 e. The summed E-state index contributed by atoms with van der Waals surface area (Å²) in [5.74, 6) is 0.845. The minimum absolute atomic E-state index is 0.431. The summed E-state index contributed by atoms with van der Waals surface area (Å²) in [6.45, 7) is 6.54. The lowest BCUT2D eigenvalue weighted by Gasteiger charge is -2.34. The average molecular weight is 407 g/mol. The number of nitrogens with one attached hydrogen (secondary N) is 2. The van der Waals surface area contributed by atoms with Gasteiger partial charge in [0.05, 0.1) is 12.1 Å². The number of halogens is 1. The van der Waals surface area contributed by atoms with E-state index in [4.69, 9.17) is 16.6 Å². The molecular formula is C22H35ClN4O. The van der Waals surface area contributed by atoms with Crippen LogP contribution >= 0.6 is 11.6 Å². The number of guanidine groups is 1. The topological polar surface area (TPSA) is 59.9 Å². The summed E-state index contributed by atoms with van der Waals surface area (Å²) in [6.07, 6.45) is 7.41. The van der Waals surface area contributed by atoms with Gasteiger partial charge in [-0.1, -0.05) is 43.0 Å². The molecule has 1 saturated carbocycles. The zero-order chi connectivity index (χ0) is 19.8. The van der Waals surface area contributed by atoms with Crippen molar-refractivity contribution in [3.8, 4) is 0 Å². The molecule has 1 aliphatic carbocycles. The van der Waals surface area contributed by atoms with Crippen molar-refractivity contribution >= 4 is 17.6 Å². The highest BCUT2D eigenvalue weighted by Gasteiger charge is 2.29. The maximum absolute atomic E-state index is 10.7. The van der Waals surface area contributed by atoms with E-state index in [1.807, 2.05) is 12.1 Å². The molecule has 1 saturated heterocycles. The smallest absolute Gasteiger partial charge is 0.191 e. The van der Waals surface area contributed by atoms with E-state index in [9.17, 15) is 5.11 Å². The average Bonchev–Trinajstić information content (AvgIpc) is 2.70. The van der Waals surface area contributed by atoms with Crippen LogP contribution in [0.2, 0.25) is 5.02 Å². The number of hydrogen-bond donors (Lipinski definition) is 3. The molecule has 0 atom stereocenters. The van der Waals surface area contributed by atoms with Crippen LogP contribution in [0.25, 0.3) is 0 Å². The van der Waals surface area contributed by atoms with Crippen LogP contribution in [-0.4, -0.2) is 53.8 Å². The number of aliphatic imine (C=N–C) groups is 1. The molecule has 3 rings (SSSR count). The van der Waals surface area contributed by atoms with E-state index in [-0.39, 0.29) is 0 Å². The van der Waals surface area contributed by atoms with Gasteiger partial charge in [-0.05, 0) is 50.3 Å². The molecule has 2 aliphatic rings. The lowest BCUT2D eigenvalue weighted by Crippen LogP contribution is -2.49. The predicted octanol–water partition coefficient (Wildman–Crippen LogP) is 3.55. The van der Waals surface area contributed by atoms with Crippen LogP contribution < -0.4 is 10.6 Å². The maximum atomic E-state index is 10.7. The Morgan fingerprint density at radius 2 is 1.86 bits per heavy atom. The molecule has 2 fully saturated rings. The Morgan fingerprint density at radius 1 is 1.18 bits per heavy atom. The van der Waals surface area contributed by atoms with E-state index in [2.05, 4.69) is 34.6 Å². The van der Waals surface area contributed by atoms with Crippen LogP contribution in [0.5, 0.6) is 0 Å². The number of rotatable bonds is 6. The van der Waals surface area contributed by atoms with Crippen molar-refractivity contribution in [2.75, 3.05) is 26.2 Å². The highest BCUT2D eigenvalue weighted by Crippen LogP contribution is 2.28. The number of nitrogens with zero attached hydrogens (tertiary/aromatic N) is 2. The van der Waals surface area contributed by atoms with Gasteiger partial charge in [0.2, 0.25) is 0 Å². The molecule has 0 spiro atoms. The van der Waals surface area contributed by atoms with E-state index in [0.29, 0.717) is 12.6 Å². The Balaban J connectivity index is 1.46. The molecule has 5 nitrogen and oxygen atoms in total. The quantitative estimate of drug-likeness (QED) is 0.499. The molecule has 0 amide bonds. The first-order valence-corrected chi connectivity index (χ1v) is 11.2. The summed E-state index contributed by atoms with van der Waals surface area (Å²) in [5, 5.41) is 18.4. The second-order valence-electron chi connectivity index (χ2n) is 8.30. The first-order chi connectivity index (χ1) is 13.6. The number of piperidine rings is 1. The van der Waals surface area contributed by atoms with Crippen molar-refractivity contribution in [3.63, 3.8) is 0 Å². The molecule has 0 aromatic heterocycles. The molecule has 1 heterocycles. The van der Waals surface area contributed by atoms with E-state index in [1.165, 1.54) is 12.0 Å². The van der Waals surface area contributed by atoms with Gasteiger partial charge >= 0.3 is 0 Å². The Kier molecular flexibility index (Phi) is 8.00. The molecule has 156 valence electrons. The number of aliphatic hydroxyl groups is 1. The fourth-order valence-electron chi connectivity index (χ4n) is 4.19. The highest BCUT2D eigenvalue weighted by molar-refractivity contribution is 6.30.